The smallest absolute Gasteiger partial charge is 0.262 e. The maximum atomic E-state index is 14.0. The number of carbonyl (C=O) groups excluding carboxylic acids is 1. The van der Waals surface area contributed by atoms with E-state index in [1.165, 1.54) is 29.8 Å². The van der Waals surface area contributed by atoms with Gasteiger partial charge in [0.2, 0.25) is 5.43 Å². The molecule has 1 heterocycles. The Morgan fingerprint density at radius 2 is 1.77 bits per heavy atom. The van der Waals surface area contributed by atoms with Gasteiger partial charge in [0.05, 0.1) is 10.8 Å². The number of hydrogen-bond acceptors (Lipinski definition) is 4. The first kappa shape index (κ1) is 20.6. The van der Waals surface area contributed by atoms with Crippen LogP contribution in [0.3, 0.4) is 0 Å². The van der Waals surface area contributed by atoms with Gasteiger partial charge in [-0.3, -0.25) is 9.59 Å². The van der Waals surface area contributed by atoms with Gasteiger partial charge in [-0.05, 0) is 47.4 Å². The Labute approximate surface area is 178 Å². The van der Waals surface area contributed by atoms with E-state index in [2.05, 4.69) is 26.1 Å². The number of halogens is 1. The summed E-state index contributed by atoms with van der Waals surface area (Å²) in [5, 5.41) is 3.19. The molecule has 0 aliphatic carbocycles. The summed E-state index contributed by atoms with van der Waals surface area (Å²) in [5.41, 5.74) is 1.39. The first-order chi connectivity index (χ1) is 14.7. The fraction of sp³-hybridized carbons (Fsp3) is 0.200. The van der Waals surface area contributed by atoms with Gasteiger partial charge in [-0.25, -0.2) is 4.39 Å². The number of ether oxygens (including phenoxy) is 1. The van der Waals surface area contributed by atoms with Crippen molar-refractivity contribution in [3.8, 4) is 5.75 Å². The summed E-state index contributed by atoms with van der Waals surface area (Å²) in [6.07, 6.45) is 0. The number of benzene rings is 3. The van der Waals surface area contributed by atoms with Crippen molar-refractivity contribution in [2.75, 3.05) is 11.9 Å². The molecule has 0 aliphatic rings. The van der Waals surface area contributed by atoms with Crippen LogP contribution in [0, 0.1) is 5.82 Å². The molecule has 3 aromatic carbocycles. The summed E-state index contributed by atoms with van der Waals surface area (Å²) in [5.74, 6) is -0.389. The number of amides is 1. The van der Waals surface area contributed by atoms with Crippen molar-refractivity contribution in [1.29, 1.82) is 0 Å². The van der Waals surface area contributed by atoms with Crippen LogP contribution in [0.25, 0.3) is 21.9 Å². The highest BCUT2D eigenvalue weighted by Gasteiger charge is 2.14. The molecule has 158 valence electrons. The van der Waals surface area contributed by atoms with E-state index in [-0.39, 0.29) is 39.9 Å². The number of rotatable bonds is 4. The lowest BCUT2D eigenvalue weighted by Gasteiger charge is -2.19. The van der Waals surface area contributed by atoms with Gasteiger partial charge in [-0.1, -0.05) is 39.0 Å². The number of hydrogen-bond donors (Lipinski definition) is 1. The first-order valence-electron chi connectivity index (χ1n) is 9.91. The highest BCUT2D eigenvalue weighted by atomic mass is 19.1. The second kappa shape index (κ2) is 7.87. The molecule has 6 heteroatoms. The second-order valence-electron chi connectivity index (χ2n) is 8.37. The fourth-order valence-corrected chi connectivity index (χ4v) is 3.32. The Bertz CT molecular complexity index is 1330. The lowest BCUT2D eigenvalue weighted by Crippen LogP contribution is -2.20. The number of fused-ring (bicyclic) bond motifs is 2. The third-order valence-corrected chi connectivity index (χ3v) is 5.02. The maximum absolute atomic E-state index is 14.0. The fourth-order valence-electron chi connectivity index (χ4n) is 3.32. The molecular weight excluding hydrogens is 397 g/mol. The van der Waals surface area contributed by atoms with Gasteiger partial charge < -0.3 is 14.5 Å². The minimum absolute atomic E-state index is 0.0369. The molecular formula is C25H22FNO4. The number of nitrogens with one attached hydrogen (secondary N) is 1. The van der Waals surface area contributed by atoms with Crippen LogP contribution in [0.15, 0.2) is 69.9 Å². The molecule has 0 fully saturated rings. The summed E-state index contributed by atoms with van der Waals surface area (Å²) in [6, 6.07) is 16.5. The molecule has 4 rings (SSSR count). The zero-order valence-corrected chi connectivity index (χ0v) is 17.5. The molecule has 1 amide bonds. The Morgan fingerprint density at radius 3 is 2.48 bits per heavy atom. The molecule has 0 atom stereocenters. The second-order valence-corrected chi connectivity index (χ2v) is 8.37. The number of carbonyl (C=O) groups is 1. The third-order valence-electron chi connectivity index (χ3n) is 5.02. The largest absolute Gasteiger partial charge is 0.484 e. The van der Waals surface area contributed by atoms with E-state index < -0.39 is 5.82 Å². The Morgan fingerprint density at radius 1 is 1.03 bits per heavy atom. The van der Waals surface area contributed by atoms with E-state index in [1.54, 1.807) is 12.1 Å². The van der Waals surface area contributed by atoms with Gasteiger partial charge in [0.25, 0.3) is 5.91 Å². The van der Waals surface area contributed by atoms with E-state index in [1.807, 2.05) is 24.3 Å². The van der Waals surface area contributed by atoms with Crippen molar-refractivity contribution >= 4 is 33.5 Å². The standard InChI is InChI=1S/C25H22FNO4/c1-25(2,3)15-7-10-17(11-8-15)30-14-22(28)27-16-9-12-18-21(13-16)31-24-19(23(18)29)5-4-6-20(24)26/h4-13H,14H2,1-3H3,(H,27,28). The van der Waals surface area contributed by atoms with Gasteiger partial charge in [-0.2, -0.15) is 0 Å². The van der Waals surface area contributed by atoms with Crippen molar-refractivity contribution < 1.29 is 18.3 Å². The predicted molar refractivity (Wildman–Crippen MR) is 119 cm³/mol. The average molecular weight is 419 g/mol. The third kappa shape index (κ3) is 4.28. The Balaban J connectivity index is 1.49. The van der Waals surface area contributed by atoms with E-state index in [0.717, 1.165) is 0 Å². The first-order valence-corrected chi connectivity index (χ1v) is 9.91. The van der Waals surface area contributed by atoms with Gasteiger partial charge >= 0.3 is 0 Å². The lowest BCUT2D eigenvalue weighted by atomic mass is 9.87. The Kier molecular flexibility index (Phi) is 5.23. The molecule has 1 aromatic heterocycles. The lowest BCUT2D eigenvalue weighted by molar-refractivity contribution is -0.118. The zero-order chi connectivity index (χ0) is 22.2. The van der Waals surface area contributed by atoms with Gasteiger partial charge in [0.15, 0.2) is 18.0 Å². The van der Waals surface area contributed by atoms with Crippen LogP contribution in [0.4, 0.5) is 10.1 Å². The minimum Gasteiger partial charge on any atom is -0.484 e. The molecule has 0 saturated heterocycles. The van der Waals surface area contributed by atoms with Gasteiger partial charge in [0, 0.05) is 11.8 Å². The van der Waals surface area contributed by atoms with E-state index >= 15 is 0 Å². The van der Waals surface area contributed by atoms with Crippen LogP contribution in [0.1, 0.15) is 26.3 Å². The minimum atomic E-state index is -0.614. The van der Waals surface area contributed by atoms with Crippen LogP contribution < -0.4 is 15.5 Å². The molecule has 0 bridgehead atoms. The van der Waals surface area contributed by atoms with Crippen LogP contribution in [-0.4, -0.2) is 12.5 Å². The molecule has 0 saturated carbocycles. The van der Waals surface area contributed by atoms with E-state index in [9.17, 15) is 14.0 Å². The molecule has 4 aromatic rings. The van der Waals surface area contributed by atoms with Crippen LogP contribution in [0.2, 0.25) is 0 Å². The van der Waals surface area contributed by atoms with Gasteiger partial charge in [-0.15, -0.1) is 0 Å². The van der Waals surface area contributed by atoms with Crippen molar-refractivity contribution in [1.82, 2.24) is 0 Å². The van der Waals surface area contributed by atoms with Crippen molar-refractivity contribution in [2.24, 2.45) is 0 Å². The zero-order valence-electron chi connectivity index (χ0n) is 17.5. The van der Waals surface area contributed by atoms with E-state index in [4.69, 9.17) is 9.15 Å². The van der Waals surface area contributed by atoms with Crippen molar-refractivity contribution in [3.63, 3.8) is 0 Å². The van der Waals surface area contributed by atoms with Crippen molar-refractivity contribution in [2.45, 2.75) is 26.2 Å². The SMILES string of the molecule is CC(C)(C)c1ccc(OCC(=O)Nc2ccc3c(=O)c4cccc(F)c4oc3c2)cc1. The monoisotopic (exact) mass is 419 g/mol. The molecule has 0 spiro atoms. The molecule has 1 N–H and O–H groups in total. The summed E-state index contributed by atoms with van der Waals surface area (Å²) >= 11 is 0. The predicted octanol–water partition coefficient (Wildman–Crippen LogP) is 5.40. The highest BCUT2D eigenvalue weighted by Crippen LogP contribution is 2.25. The average Bonchev–Trinajstić information content (AvgIpc) is 2.73. The summed E-state index contributed by atoms with van der Waals surface area (Å²) < 4.78 is 25.2. The van der Waals surface area contributed by atoms with Gasteiger partial charge in [0.1, 0.15) is 11.3 Å². The molecule has 0 unspecified atom stereocenters. The number of anilines is 1. The van der Waals surface area contributed by atoms with Crippen LogP contribution >= 0.6 is 0 Å². The normalized spacial score (nSPS) is 11.6. The highest BCUT2D eigenvalue weighted by molar-refractivity contribution is 5.96. The summed E-state index contributed by atoms with van der Waals surface area (Å²) in [7, 11) is 0. The molecule has 5 nitrogen and oxygen atoms in total. The maximum Gasteiger partial charge on any atom is 0.262 e. The van der Waals surface area contributed by atoms with E-state index in [0.29, 0.717) is 16.8 Å². The molecule has 31 heavy (non-hydrogen) atoms. The Hall–Kier alpha value is -3.67. The van der Waals surface area contributed by atoms with Crippen molar-refractivity contribution in [3.05, 3.63) is 82.3 Å². The molecule has 0 radical (unpaired) electrons. The van der Waals surface area contributed by atoms with Crippen LogP contribution in [-0.2, 0) is 10.2 Å². The summed E-state index contributed by atoms with van der Waals surface area (Å²) in [4.78, 5) is 24.9. The summed E-state index contributed by atoms with van der Waals surface area (Å²) in [6.45, 7) is 6.20. The topological polar surface area (TPSA) is 68.5 Å². The quantitative estimate of drug-likeness (QED) is 0.450. The number of para-hydroxylation sites is 1. The molecule has 0 aliphatic heterocycles. The van der Waals surface area contributed by atoms with Crippen LogP contribution in [0.5, 0.6) is 5.75 Å².